The summed E-state index contributed by atoms with van der Waals surface area (Å²) in [6.45, 7) is 1.79. The number of amides is 1. The molecule has 0 saturated heterocycles. The van der Waals surface area contributed by atoms with E-state index in [2.05, 4.69) is 10.2 Å². The van der Waals surface area contributed by atoms with Crippen LogP contribution in [0.15, 0.2) is 22.5 Å². The topological polar surface area (TPSA) is 41.8 Å². The summed E-state index contributed by atoms with van der Waals surface area (Å²) in [5.41, 5.74) is 0. The smallest absolute Gasteiger partial charge is 0.270 e. The first-order valence-electron chi connectivity index (χ1n) is 2.42. The Hall–Kier alpha value is -0.990. The molecule has 0 aromatic carbocycles. The Morgan fingerprint density at radius 3 is 2.88 bits per heavy atom. The second-order valence-corrected chi connectivity index (χ2v) is 1.68. The zero-order valence-electron chi connectivity index (χ0n) is 4.53. The van der Waals surface area contributed by atoms with Crippen molar-refractivity contribution in [3.05, 3.63) is 12.3 Å². The van der Waals surface area contributed by atoms with E-state index in [9.17, 15) is 4.79 Å². The van der Waals surface area contributed by atoms with Gasteiger partial charge in [-0.25, -0.2) is 0 Å². The first-order valence-corrected chi connectivity index (χ1v) is 2.42. The van der Waals surface area contributed by atoms with Gasteiger partial charge in [-0.05, 0) is 6.92 Å². The Bertz CT molecular complexity index is 160. The summed E-state index contributed by atoms with van der Waals surface area (Å²) >= 11 is 0. The number of azo groups is 1. The van der Waals surface area contributed by atoms with E-state index in [1.165, 1.54) is 6.20 Å². The van der Waals surface area contributed by atoms with Crippen molar-refractivity contribution in [1.29, 1.82) is 0 Å². The minimum atomic E-state index is -0.160. The summed E-state index contributed by atoms with van der Waals surface area (Å²) in [5.74, 6) is -0.236. The minimum Gasteiger partial charge on any atom is -0.270 e. The van der Waals surface area contributed by atoms with Crippen LogP contribution in [0.4, 0.5) is 0 Å². The fraction of sp³-hybridized carbons (Fsp3) is 0.400. The standard InChI is InChI=1S/C5H6N2O/c1-4-2-3-6-7-5(4)8/h2-4H,1H3/t4-/m1/s1. The SMILES string of the molecule is C[C@@H]1C=CN=NC1=O. The zero-order valence-corrected chi connectivity index (χ0v) is 4.53. The molecule has 0 radical (unpaired) electrons. The van der Waals surface area contributed by atoms with Crippen LogP contribution in [0, 0.1) is 5.92 Å². The highest BCUT2D eigenvalue weighted by Crippen LogP contribution is 2.05. The number of hydrogen-bond donors (Lipinski definition) is 0. The lowest BCUT2D eigenvalue weighted by Crippen LogP contribution is -2.05. The first-order chi connectivity index (χ1) is 3.80. The van der Waals surface area contributed by atoms with Crippen LogP contribution in [0.5, 0.6) is 0 Å². The average molecular weight is 110 g/mol. The molecule has 0 bridgehead atoms. The summed E-state index contributed by atoms with van der Waals surface area (Å²) < 4.78 is 0. The summed E-state index contributed by atoms with van der Waals surface area (Å²) in [7, 11) is 0. The molecule has 0 fully saturated rings. The van der Waals surface area contributed by atoms with E-state index in [1.807, 2.05) is 0 Å². The first kappa shape index (κ1) is 5.15. The second-order valence-electron chi connectivity index (χ2n) is 1.68. The van der Waals surface area contributed by atoms with Gasteiger partial charge in [0.05, 0.1) is 5.92 Å². The van der Waals surface area contributed by atoms with E-state index >= 15 is 0 Å². The predicted octanol–water partition coefficient (Wildman–Crippen LogP) is 1.13. The van der Waals surface area contributed by atoms with Gasteiger partial charge in [-0.1, -0.05) is 6.08 Å². The monoisotopic (exact) mass is 110 g/mol. The summed E-state index contributed by atoms with van der Waals surface area (Å²) in [5, 5.41) is 6.71. The van der Waals surface area contributed by atoms with E-state index in [1.54, 1.807) is 13.0 Å². The molecule has 0 aliphatic carbocycles. The van der Waals surface area contributed by atoms with E-state index in [0.29, 0.717) is 0 Å². The van der Waals surface area contributed by atoms with Gasteiger partial charge in [0.15, 0.2) is 0 Å². The van der Waals surface area contributed by atoms with Crippen LogP contribution < -0.4 is 0 Å². The fourth-order valence-corrected chi connectivity index (χ4v) is 0.431. The highest BCUT2D eigenvalue weighted by atomic mass is 16.1. The molecule has 1 rings (SSSR count). The Balaban J connectivity index is 2.74. The molecule has 0 aromatic heterocycles. The van der Waals surface area contributed by atoms with Crippen LogP contribution in [0.2, 0.25) is 0 Å². The second kappa shape index (κ2) is 1.86. The summed E-state index contributed by atoms with van der Waals surface area (Å²) in [6, 6.07) is 0. The largest absolute Gasteiger partial charge is 0.271 e. The molecule has 1 aliphatic heterocycles. The molecule has 0 spiro atoms. The van der Waals surface area contributed by atoms with Gasteiger partial charge in [0.2, 0.25) is 0 Å². The van der Waals surface area contributed by atoms with Gasteiger partial charge in [0, 0.05) is 6.20 Å². The van der Waals surface area contributed by atoms with Crippen molar-refractivity contribution in [3.63, 3.8) is 0 Å². The van der Waals surface area contributed by atoms with Crippen molar-refractivity contribution in [2.45, 2.75) is 6.92 Å². The molecule has 1 amide bonds. The highest BCUT2D eigenvalue weighted by molar-refractivity contribution is 5.80. The summed E-state index contributed by atoms with van der Waals surface area (Å²) in [4.78, 5) is 10.5. The fourth-order valence-electron chi connectivity index (χ4n) is 0.431. The molecule has 42 valence electrons. The van der Waals surface area contributed by atoms with Crippen LogP contribution in [-0.2, 0) is 4.79 Å². The van der Waals surface area contributed by atoms with Crippen LogP contribution >= 0.6 is 0 Å². The lowest BCUT2D eigenvalue weighted by atomic mass is 10.1. The predicted molar refractivity (Wildman–Crippen MR) is 28.2 cm³/mol. The van der Waals surface area contributed by atoms with Gasteiger partial charge in [0.25, 0.3) is 5.91 Å². The summed E-state index contributed by atoms with van der Waals surface area (Å²) in [6.07, 6.45) is 3.25. The number of nitrogens with zero attached hydrogens (tertiary/aromatic N) is 2. The van der Waals surface area contributed by atoms with Crippen molar-refractivity contribution < 1.29 is 4.79 Å². The van der Waals surface area contributed by atoms with E-state index in [4.69, 9.17) is 0 Å². The lowest BCUT2D eigenvalue weighted by Gasteiger charge is -1.99. The van der Waals surface area contributed by atoms with Crippen molar-refractivity contribution in [3.8, 4) is 0 Å². The molecule has 1 aliphatic rings. The third-order valence-electron chi connectivity index (χ3n) is 0.987. The van der Waals surface area contributed by atoms with Crippen LogP contribution in [0.25, 0.3) is 0 Å². The number of carbonyl (C=O) groups excluding carboxylic acids is 1. The molecular weight excluding hydrogens is 104 g/mol. The van der Waals surface area contributed by atoms with Crippen LogP contribution in [0.3, 0.4) is 0 Å². The van der Waals surface area contributed by atoms with Gasteiger partial charge in [-0.2, -0.15) is 5.11 Å². The molecule has 1 heterocycles. The van der Waals surface area contributed by atoms with E-state index in [0.717, 1.165) is 0 Å². The Morgan fingerprint density at radius 1 is 1.75 bits per heavy atom. The normalized spacial score (nSPS) is 26.6. The molecule has 0 N–H and O–H groups in total. The van der Waals surface area contributed by atoms with Crippen molar-refractivity contribution in [1.82, 2.24) is 0 Å². The molecule has 1 atom stereocenters. The minimum absolute atomic E-state index is 0.0764. The van der Waals surface area contributed by atoms with Gasteiger partial charge in [-0.15, -0.1) is 5.11 Å². The van der Waals surface area contributed by atoms with Gasteiger partial charge in [-0.3, -0.25) is 4.79 Å². The number of rotatable bonds is 0. The Kier molecular flexibility index (Phi) is 1.20. The molecule has 8 heavy (non-hydrogen) atoms. The molecule has 3 nitrogen and oxygen atoms in total. The van der Waals surface area contributed by atoms with Gasteiger partial charge in [0.1, 0.15) is 0 Å². The van der Waals surface area contributed by atoms with Crippen LogP contribution in [0.1, 0.15) is 6.92 Å². The zero-order chi connectivity index (χ0) is 5.98. The highest BCUT2D eigenvalue weighted by Gasteiger charge is 2.09. The maximum atomic E-state index is 10.5. The van der Waals surface area contributed by atoms with Gasteiger partial charge < -0.3 is 0 Å². The van der Waals surface area contributed by atoms with E-state index < -0.39 is 0 Å². The molecular formula is C5H6N2O. The average Bonchev–Trinajstić information content (AvgIpc) is 1.77. The molecule has 0 aromatic rings. The lowest BCUT2D eigenvalue weighted by molar-refractivity contribution is -0.120. The maximum Gasteiger partial charge on any atom is 0.271 e. The van der Waals surface area contributed by atoms with E-state index in [-0.39, 0.29) is 11.8 Å². The van der Waals surface area contributed by atoms with Crippen molar-refractivity contribution in [2.75, 3.05) is 0 Å². The number of hydrogen-bond acceptors (Lipinski definition) is 2. The quantitative estimate of drug-likeness (QED) is 0.460. The molecule has 0 unspecified atom stereocenters. The van der Waals surface area contributed by atoms with Crippen LogP contribution in [-0.4, -0.2) is 5.91 Å². The Labute approximate surface area is 47.1 Å². The Morgan fingerprint density at radius 2 is 2.50 bits per heavy atom. The van der Waals surface area contributed by atoms with Crippen molar-refractivity contribution in [2.24, 2.45) is 16.1 Å². The maximum absolute atomic E-state index is 10.5. The van der Waals surface area contributed by atoms with Gasteiger partial charge >= 0.3 is 0 Å². The molecule has 3 heteroatoms. The van der Waals surface area contributed by atoms with Crippen molar-refractivity contribution >= 4 is 5.91 Å². The third-order valence-corrected chi connectivity index (χ3v) is 0.987. The number of carbonyl (C=O) groups is 1. The third kappa shape index (κ3) is 0.804. The molecule has 0 saturated carbocycles.